The molecule has 0 spiro atoms. The predicted octanol–water partition coefficient (Wildman–Crippen LogP) is 0.569. The highest BCUT2D eigenvalue weighted by atomic mass is 16.6. The van der Waals surface area contributed by atoms with Crippen LogP contribution in [0, 0.1) is 10.1 Å². The molecule has 0 saturated carbocycles. The molecule has 8 nitrogen and oxygen atoms in total. The Morgan fingerprint density at radius 3 is 2.79 bits per heavy atom. The third kappa shape index (κ3) is 2.79. The molecule has 0 bridgehead atoms. The number of hydrogen-bond donors (Lipinski definition) is 0. The Kier molecular flexibility index (Phi) is 3.60. The van der Waals surface area contributed by atoms with Crippen LogP contribution in [-0.4, -0.2) is 25.9 Å². The van der Waals surface area contributed by atoms with Crippen LogP contribution in [0.4, 0.5) is 5.69 Å². The molecule has 0 amide bonds. The van der Waals surface area contributed by atoms with E-state index in [1.54, 1.807) is 19.2 Å². The minimum Gasteiger partial charge on any atom is -0.485 e. The average Bonchev–Trinajstić information content (AvgIpc) is 2.71. The first-order valence-electron chi connectivity index (χ1n) is 5.54. The Hall–Kier alpha value is -2.64. The van der Waals surface area contributed by atoms with E-state index in [1.807, 2.05) is 0 Å². The molecule has 0 atom stereocenters. The number of nitro benzene ring substituents is 1. The van der Waals surface area contributed by atoms with Gasteiger partial charge >= 0.3 is 11.4 Å². The maximum Gasteiger partial charge on any atom is 0.345 e. The summed E-state index contributed by atoms with van der Waals surface area (Å²) in [5.74, 6) is 0.177. The van der Waals surface area contributed by atoms with E-state index in [9.17, 15) is 14.9 Å². The van der Waals surface area contributed by atoms with Gasteiger partial charge in [-0.25, -0.2) is 9.48 Å². The van der Waals surface area contributed by atoms with Crippen molar-refractivity contribution in [1.82, 2.24) is 14.3 Å². The highest BCUT2D eigenvalue weighted by Crippen LogP contribution is 2.25. The SMILES string of the molecule is Cn1cnn(CCOc2ccccc2[N+](=O)[O-])c1=O. The fraction of sp³-hybridized carbons (Fsp3) is 0.273. The van der Waals surface area contributed by atoms with Crippen LogP contribution in [0.2, 0.25) is 0 Å². The molecule has 0 N–H and O–H groups in total. The van der Waals surface area contributed by atoms with Crippen LogP contribution in [0.3, 0.4) is 0 Å². The summed E-state index contributed by atoms with van der Waals surface area (Å²) in [4.78, 5) is 21.7. The number of ether oxygens (including phenoxy) is 1. The Bertz CT molecular complexity index is 646. The second kappa shape index (κ2) is 5.34. The monoisotopic (exact) mass is 264 g/mol. The number of nitrogens with zero attached hydrogens (tertiary/aromatic N) is 4. The first-order valence-corrected chi connectivity index (χ1v) is 5.54. The maximum atomic E-state index is 11.5. The molecule has 0 fully saturated rings. The smallest absolute Gasteiger partial charge is 0.345 e. The number of benzene rings is 1. The van der Waals surface area contributed by atoms with Crippen LogP contribution in [-0.2, 0) is 13.6 Å². The molecule has 0 unspecified atom stereocenters. The van der Waals surface area contributed by atoms with E-state index in [0.717, 1.165) is 0 Å². The van der Waals surface area contributed by atoms with Crippen LogP contribution >= 0.6 is 0 Å². The van der Waals surface area contributed by atoms with Gasteiger partial charge in [-0.05, 0) is 6.07 Å². The van der Waals surface area contributed by atoms with Gasteiger partial charge in [0.15, 0.2) is 5.75 Å². The normalized spacial score (nSPS) is 10.4. The lowest BCUT2D eigenvalue weighted by Gasteiger charge is -2.05. The number of rotatable bonds is 5. The molecule has 1 aromatic heterocycles. The molecule has 2 aromatic rings. The fourth-order valence-electron chi connectivity index (χ4n) is 1.55. The largest absolute Gasteiger partial charge is 0.485 e. The zero-order valence-electron chi connectivity index (χ0n) is 10.2. The van der Waals surface area contributed by atoms with Gasteiger partial charge in [-0.3, -0.25) is 14.7 Å². The van der Waals surface area contributed by atoms with Crippen molar-refractivity contribution >= 4 is 5.69 Å². The van der Waals surface area contributed by atoms with Crippen molar-refractivity contribution in [3.05, 3.63) is 51.2 Å². The van der Waals surface area contributed by atoms with Gasteiger partial charge in [0.05, 0.1) is 11.5 Å². The molecule has 0 aliphatic carbocycles. The first kappa shape index (κ1) is 12.8. The first-order chi connectivity index (χ1) is 9.09. The molecule has 2 rings (SSSR count). The second-order valence-electron chi connectivity index (χ2n) is 3.82. The number of hydrogen-bond acceptors (Lipinski definition) is 5. The van der Waals surface area contributed by atoms with Gasteiger partial charge in [0.2, 0.25) is 0 Å². The summed E-state index contributed by atoms with van der Waals surface area (Å²) < 4.78 is 7.89. The minimum absolute atomic E-state index is 0.101. The quantitative estimate of drug-likeness (QED) is 0.581. The van der Waals surface area contributed by atoms with E-state index in [0.29, 0.717) is 0 Å². The summed E-state index contributed by atoms with van der Waals surface area (Å²) in [5.41, 5.74) is -0.359. The molecule has 0 aliphatic rings. The molecule has 0 radical (unpaired) electrons. The van der Waals surface area contributed by atoms with Gasteiger partial charge in [-0.1, -0.05) is 12.1 Å². The lowest BCUT2D eigenvalue weighted by Crippen LogP contribution is -2.25. The maximum absolute atomic E-state index is 11.5. The van der Waals surface area contributed by atoms with Gasteiger partial charge < -0.3 is 4.74 Å². The predicted molar refractivity (Wildman–Crippen MR) is 66.1 cm³/mol. The topological polar surface area (TPSA) is 92.2 Å². The Labute approximate surface area is 108 Å². The summed E-state index contributed by atoms with van der Waals surface area (Å²) >= 11 is 0. The van der Waals surface area contributed by atoms with Crippen molar-refractivity contribution in [2.24, 2.45) is 7.05 Å². The third-order valence-electron chi connectivity index (χ3n) is 2.51. The van der Waals surface area contributed by atoms with Gasteiger partial charge in [0, 0.05) is 13.1 Å². The molecular weight excluding hydrogens is 252 g/mol. The third-order valence-corrected chi connectivity index (χ3v) is 2.51. The minimum atomic E-state index is -0.512. The van der Waals surface area contributed by atoms with Crippen LogP contribution in [0.5, 0.6) is 5.75 Å². The van der Waals surface area contributed by atoms with Crippen molar-refractivity contribution in [2.75, 3.05) is 6.61 Å². The summed E-state index contributed by atoms with van der Waals surface area (Å²) in [6, 6.07) is 6.09. The zero-order chi connectivity index (χ0) is 13.8. The van der Waals surface area contributed by atoms with Crippen LogP contribution in [0.15, 0.2) is 35.4 Å². The fourth-order valence-corrected chi connectivity index (χ4v) is 1.55. The standard InChI is InChI=1S/C11H12N4O4/c1-13-8-12-14(11(13)16)6-7-19-10-5-3-2-4-9(10)15(17)18/h2-5,8H,6-7H2,1H3. The van der Waals surface area contributed by atoms with Crippen LogP contribution in [0.25, 0.3) is 0 Å². The molecule has 1 aromatic carbocycles. The van der Waals surface area contributed by atoms with Crippen molar-refractivity contribution in [2.45, 2.75) is 6.54 Å². The molecular formula is C11H12N4O4. The van der Waals surface area contributed by atoms with Crippen molar-refractivity contribution in [3.63, 3.8) is 0 Å². The van der Waals surface area contributed by atoms with Gasteiger partial charge in [0.25, 0.3) is 0 Å². The highest BCUT2D eigenvalue weighted by Gasteiger charge is 2.13. The summed E-state index contributed by atoms with van der Waals surface area (Å²) in [7, 11) is 1.59. The zero-order valence-corrected chi connectivity index (χ0v) is 10.2. The summed E-state index contributed by atoms with van der Waals surface area (Å²) in [5, 5.41) is 14.6. The number of para-hydroxylation sites is 2. The van der Waals surface area contributed by atoms with E-state index in [1.165, 1.54) is 27.7 Å². The molecule has 1 heterocycles. The lowest BCUT2D eigenvalue weighted by atomic mass is 10.3. The molecule has 0 saturated heterocycles. The molecule has 8 heteroatoms. The van der Waals surface area contributed by atoms with E-state index >= 15 is 0 Å². The van der Waals surface area contributed by atoms with Crippen molar-refractivity contribution in [3.8, 4) is 5.75 Å². The average molecular weight is 264 g/mol. The van der Waals surface area contributed by atoms with Gasteiger partial charge in [-0.15, -0.1) is 0 Å². The number of aromatic nitrogens is 3. The van der Waals surface area contributed by atoms with E-state index in [2.05, 4.69) is 5.10 Å². The Morgan fingerprint density at radius 2 is 2.16 bits per heavy atom. The number of nitro groups is 1. The Morgan fingerprint density at radius 1 is 1.42 bits per heavy atom. The number of aryl methyl sites for hydroxylation is 1. The van der Waals surface area contributed by atoms with E-state index in [4.69, 9.17) is 4.74 Å². The van der Waals surface area contributed by atoms with Crippen LogP contribution in [0.1, 0.15) is 0 Å². The van der Waals surface area contributed by atoms with Crippen LogP contribution < -0.4 is 10.4 Å². The van der Waals surface area contributed by atoms with Gasteiger partial charge in [0.1, 0.15) is 12.9 Å². The molecule has 19 heavy (non-hydrogen) atoms. The molecule has 0 aliphatic heterocycles. The molecule has 100 valence electrons. The van der Waals surface area contributed by atoms with Gasteiger partial charge in [-0.2, -0.15) is 5.10 Å². The van der Waals surface area contributed by atoms with Crippen molar-refractivity contribution in [1.29, 1.82) is 0 Å². The Balaban J connectivity index is 2.02. The highest BCUT2D eigenvalue weighted by molar-refractivity contribution is 5.45. The second-order valence-corrected chi connectivity index (χ2v) is 3.82. The summed E-state index contributed by atoms with van der Waals surface area (Å²) in [6.45, 7) is 0.355. The van der Waals surface area contributed by atoms with E-state index < -0.39 is 4.92 Å². The summed E-state index contributed by atoms with van der Waals surface area (Å²) in [6.07, 6.45) is 1.40. The lowest BCUT2D eigenvalue weighted by molar-refractivity contribution is -0.385. The van der Waals surface area contributed by atoms with E-state index in [-0.39, 0.29) is 30.3 Å². The van der Waals surface area contributed by atoms with Crippen molar-refractivity contribution < 1.29 is 9.66 Å².